The molecule has 0 bridgehead atoms. The summed E-state index contributed by atoms with van der Waals surface area (Å²) in [6.45, 7) is 1.53. The molecule has 0 unspecified atom stereocenters. The predicted octanol–water partition coefficient (Wildman–Crippen LogP) is 2.01. The van der Waals surface area contributed by atoms with Gasteiger partial charge in [0.15, 0.2) is 5.78 Å². The van der Waals surface area contributed by atoms with Crippen LogP contribution in [0.5, 0.6) is 5.75 Å². The van der Waals surface area contributed by atoms with Crippen LogP contribution in [0, 0.1) is 0 Å². The van der Waals surface area contributed by atoms with Crippen molar-refractivity contribution in [2.24, 2.45) is 0 Å². The van der Waals surface area contributed by atoms with E-state index in [9.17, 15) is 4.79 Å². The maximum Gasteiger partial charge on any atom is 1.00 e. The average molecular weight is 151 g/mol. The van der Waals surface area contributed by atoms with Gasteiger partial charge < -0.3 is 4.74 Å². The molecule has 0 amide bonds. The Kier molecular flexibility index (Phi) is 2.26. The molecular formula is C9H11O2+. The van der Waals surface area contributed by atoms with Gasteiger partial charge in [0, 0.05) is 0 Å². The fourth-order valence-corrected chi connectivity index (χ4v) is 0.935. The fraction of sp³-hybridized carbons (Fsp3) is 0.222. The van der Waals surface area contributed by atoms with Crippen LogP contribution in [-0.2, 0) is 0 Å². The quantitative estimate of drug-likeness (QED) is 0.604. The molecule has 0 atom stereocenters. The van der Waals surface area contributed by atoms with E-state index in [1.165, 1.54) is 6.92 Å². The van der Waals surface area contributed by atoms with Crippen molar-refractivity contribution in [3.05, 3.63) is 29.8 Å². The van der Waals surface area contributed by atoms with Crippen molar-refractivity contribution in [3.63, 3.8) is 0 Å². The Balaban J connectivity index is 0.00000121. The van der Waals surface area contributed by atoms with Gasteiger partial charge in [0.1, 0.15) is 5.75 Å². The van der Waals surface area contributed by atoms with Gasteiger partial charge in [-0.1, -0.05) is 12.1 Å². The number of hydrogen-bond donors (Lipinski definition) is 0. The minimum Gasteiger partial charge on any atom is -0.496 e. The molecule has 58 valence electrons. The SMILES string of the molecule is COc1ccccc1C(C)=O.[H+]. The van der Waals surface area contributed by atoms with Gasteiger partial charge in [-0.3, -0.25) is 4.79 Å². The van der Waals surface area contributed by atoms with Crippen LogP contribution < -0.4 is 4.74 Å². The molecule has 0 saturated heterocycles. The smallest absolute Gasteiger partial charge is 0.496 e. The normalized spacial score (nSPS) is 9.27. The lowest BCUT2D eigenvalue weighted by Gasteiger charge is -2.03. The molecule has 0 aromatic heterocycles. The van der Waals surface area contributed by atoms with E-state index in [4.69, 9.17) is 4.74 Å². The summed E-state index contributed by atoms with van der Waals surface area (Å²) < 4.78 is 4.99. The van der Waals surface area contributed by atoms with E-state index >= 15 is 0 Å². The second-order valence-corrected chi connectivity index (χ2v) is 2.26. The summed E-state index contributed by atoms with van der Waals surface area (Å²) in [5.41, 5.74) is 0.634. The van der Waals surface area contributed by atoms with Gasteiger partial charge in [0.05, 0.1) is 12.7 Å². The number of benzene rings is 1. The molecule has 11 heavy (non-hydrogen) atoms. The molecule has 1 rings (SSSR count). The number of para-hydroxylation sites is 1. The monoisotopic (exact) mass is 151 g/mol. The first-order valence-corrected chi connectivity index (χ1v) is 3.39. The van der Waals surface area contributed by atoms with E-state index in [-0.39, 0.29) is 7.21 Å². The third kappa shape index (κ3) is 1.58. The lowest BCUT2D eigenvalue weighted by atomic mass is 10.1. The van der Waals surface area contributed by atoms with E-state index in [0.29, 0.717) is 11.3 Å². The van der Waals surface area contributed by atoms with E-state index in [1.54, 1.807) is 19.2 Å². The minimum absolute atomic E-state index is 0. The van der Waals surface area contributed by atoms with Crippen LogP contribution in [0.15, 0.2) is 24.3 Å². The van der Waals surface area contributed by atoms with E-state index in [0.717, 1.165) is 0 Å². The number of rotatable bonds is 2. The van der Waals surface area contributed by atoms with Crippen molar-refractivity contribution < 1.29 is 11.0 Å². The molecule has 1 aromatic carbocycles. The van der Waals surface area contributed by atoms with Gasteiger partial charge in [-0.15, -0.1) is 0 Å². The Morgan fingerprint density at radius 1 is 1.45 bits per heavy atom. The molecule has 0 N–H and O–H groups in total. The molecule has 0 aliphatic rings. The van der Waals surface area contributed by atoms with Crippen LogP contribution in [0.25, 0.3) is 0 Å². The highest BCUT2D eigenvalue weighted by molar-refractivity contribution is 5.96. The summed E-state index contributed by atoms with van der Waals surface area (Å²) in [6, 6.07) is 7.18. The predicted molar refractivity (Wildman–Crippen MR) is 44.1 cm³/mol. The number of carbonyl (C=O) groups excluding carboxylic acids is 1. The lowest BCUT2D eigenvalue weighted by Crippen LogP contribution is -1.96. The molecule has 0 fully saturated rings. The number of hydrogen-bond acceptors (Lipinski definition) is 2. The van der Waals surface area contributed by atoms with Gasteiger partial charge >= 0.3 is 1.43 Å². The minimum atomic E-state index is 0. The first-order chi connectivity index (χ1) is 5.25. The number of carbonyl (C=O) groups is 1. The third-order valence-corrected chi connectivity index (χ3v) is 1.49. The highest BCUT2D eigenvalue weighted by atomic mass is 16.5. The Hall–Kier alpha value is -1.31. The summed E-state index contributed by atoms with van der Waals surface area (Å²) in [4.78, 5) is 10.9. The number of Topliss-reactive ketones (excluding diaryl/α,β-unsaturated/α-hetero) is 1. The molecule has 0 saturated carbocycles. The van der Waals surface area contributed by atoms with Gasteiger partial charge in [-0.2, -0.15) is 0 Å². The summed E-state index contributed by atoms with van der Waals surface area (Å²) in [5.74, 6) is 0.669. The first-order valence-electron chi connectivity index (χ1n) is 3.39. The zero-order valence-corrected chi connectivity index (χ0v) is 6.63. The highest BCUT2D eigenvalue weighted by Gasteiger charge is 2.04. The molecule has 0 heterocycles. The Morgan fingerprint density at radius 3 is 2.55 bits per heavy atom. The number of ketones is 1. The molecule has 2 heteroatoms. The van der Waals surface area contributed by atoms with Gasteiger partial charge in [0.25, 0.3) is 0 Å². The van der Waals surface area contributed by atoms with E-state index < -0.39 is 0 Å². The Bertz CT molecular complexity index is 271. The zero-order chi connectivity index (χ0) is 8.27. The van der Waals surface area contributed by atoms with Gasteiger partial charge in [0.2, 0.25) is 0 Å². The third-order valence-electron chi connectivity index (χ3n) is 1.49. The summed E-state index contributed by atoms with van der Waals surface area (Å²) >= 11 is 0. The maximum absolute atomic E-state index is 10.9. The average Bonchev–Trinajstić information content (AvgIpc) is 2.04. The maximum atomic E-state index is 10.9. The van der Waals surface area contributed by atoms with Crippen LogP contribution >= 0.6 is 0 Å². The Labute approximate surface area is 67.3 Å². The molecule has 1 aromatic rings. The van der Waals surface area contributed by atoms with Crippen molar-refractivity contribution >= 4 is 5.78 Å². The number of methoxy groups -OCH3 is 1. The molecule has 0 aliphatic heterocycles. The van der Waals surface area contributed by atoms with Crippen LogP contribution in [0.1, 0.15) is 18.7 Å². The second-order valence-electron chi connectivity index (χ2n) is 2.26. The van der Waals surface area contributed by atoms with Crippen LogP contribution in [0.3, 0.4) is 0 Å². The standard InChI is InChI=1S/C9H10O2/c1-7(10)8-5-3-4-6-9(8)11-2/h3-6H,1-2H3/p+1. The highest BCUT2D eigenvalue weighted by Crippen LogP contribution is 2.16. The largest absolute Gasteiger partial charge is 1.00 e. The first kappa shape index (κ1) is 7.79. The summed E-state index contributed by atoms with van der Waals surface area (Å²) in [5, 5.41) is 0. The van der Waals surface area contributed by atoms with E-state index in [2.05, 4.69) is 0 Å². The summed E-state index contributed by atoms with van der Waals surface area (Å²) in [7, 11) is 1.56. The molecule has 0 radical (unpaired) electrons. The van der Waals surface area contributed by atoms with E-state index in [1.807, 2.05) is 12.1 Å². The topological polar surface area (TPSA) is 26.3 Å². The van der Waals surface area contributed by atoms with Crippen molar-refractivity contribution in [1.82, 2.24) is 0 Å². The molecular weight excluding hydrogens is 140 g/mol. The van der Waals surface area contributed by atoms with Crippen molar-refractivity contribution in [1.29, 1.82) is 0 Å². The van der Waals surface area contributed by atoms with Crippen molar-refractivity contribution in [2.45, 2.75) is 6.92 Å². The molecule has 0 aliphatic carbocycles. The van der Waals surface area contributed by atoms with Crippen molar-refractivity contribution in [3.8, 4) is 5.75 Å². The summed E-state index contributed by atoms with van der Waals surface area (Å²) in [6.07, 6.45) is 0. The Morgan fingerprint density at radius 2 is 2.09 bits per heavy atom. The zero-order valence-electron chi connectivity index (χ0n) is 7.63. The van der Waals surface area contributed by atoms with Gasteiger partial charge in [-0.25, -0.2) is 0 Å². The second kappa shape index (κ2) is 3.19. The number of ether oxygens (including phenoxy) is 1. The van der Waals surface area contributed by atoms with Crippen LogP contribution in [0.4, 0.5) is 0 Å². The molecule has 0 spiro atoms. The fourth-order valence-electron chi connectivity index (χ4n) is 0.935. The lowest BCUT2D eigenvalue weighted by molar-refractivity contribution is 0.101. The van der Waals surface area contributed by atoms with Crippen molar-refractivity contribution in [2.75, 3.05) is 7.11 Å². The molecule has 2 nitrogen and oxygen atoms in total. The van der Waals surface area contributed by atoms with Crippen LogP contribution in [-0.4, -0.2) is 12.9 Å². The van der Waals surface area contributed by atoms with Gasteiger partial charge in [-0.05, 0) is 19.1 Å². The van der Waals surface area contributed by atoms with Crippen LogP contribution in [0.2, 0.25) is 0 Å².